The van der Waals surface area contributed by atoms with Crippen molar-refractivity contribution in [3.8, 4) is 0 Å². The third kappa shape index (κ3) is 4.57. The van der Waals surface area contributed by atoms with E-state index in [1.807, 2.05) is 18.4 Å². The molecule has 0 spiro atoms. The molecule has 2 atom stereocenters. The van der Waals surface area contributed by atoms with E-state index in [-0.39, 0.29) is 0 Å². The van der Waals surface area contributed by atoms with Crippen molar-refractivity contribution < 1.29 is 19.8 Å². The van der Waals surface area contributed by atoms with Crippen LogP contribution in [0.15, 0.2) is 24.3 Å². The maximum atomic E-state index is 11.8. The molecule has 0 aliphatic carbocycles. The molecule has 0 aromatic heterocycles. The SMILES string of the molecule is CSCc1ccc(C(=O)NC(C(=O)O)C(C)O)cc1. The van der Waals surface area contributed by atoms with Gasteiger partial charge in [-0.2, -0.15) is 11.8 Å². The molecule has 2 unspecified atom stereocenters. The van der Waals surface area contributed by atoms with E-state index >= 15 is 0 Å². The lowest BCUT2D eigenvalue weighted by Gasteiger charge is -2.17. The van der Waals surface area contributed by atoms with Crippen LogP contribution >= 0.6 is 11.8 Å². The Labute approximate surface area is 116 Å². The Morgan fingerprint density at radius 3 is 2.32 bits per heavy atom. The van der Waals surface area contributed by atoms with Crippen LogP contribution < -0.4 is 5.32 Å². The predicted molar refractivity (Wildman–Crippen MR) is 74.2 cm³/mol. The number of aliphatic hydroxyl groups is 1. The number of hydrogen-bond donors (Lipinski definition) is 3. The van der Waals surface area contributed by atoms with Crippen LogP contribution in [0, 0.1) is 0 Å². The Morgan fingerprint density at radius 2 is 1.89 bits per heavy atom. The summed E-state index contributed by atoms with van der Waals surface area (Å²) in [4.78, 5) is 22.7. The van der Waals surface area contributed by atoms with E-state index in [9.17, 15) is 14.7 Å². The van der Waals surface area contributed by atoms with Crippen LogP contribution in [0.4, 0.5) is 0 Å². The second-order valence-electron chi connectivity index (χ2n) is 4.16. The number of benzene rings is 1. The number of rotatable bonds is 6. The van der Waals surface area contributed by atoms with E-state index in [1.165, 1.54) is 6.92 Å². The zero-order chi connectivity index (χ0) is 14.4. The van der Waals surface area contributed by atoms with Crippen molar-refractivity contribution in [3.05, 3.63) is 35.4 Å². The first-order valence-corrected chi connectivity index (χ1v) is 7.14. The molecule has 0 fully saturated rings. The lowest BCUT2D eigenvalue weighted by Crippen LogP contribution is -2.47. The number of aliphatic carboxylic acids is 1. The molecule has 1 rings (SSSR count). The van der Waals surface area contributed by atoms with Crippen LogP contribution in [0.25, 0.3) is 0 Å². The molecule has 0 aliphatic heterocycles. The fourth-order valence-electron chi connectivity index (χ4n) is 1.53. The predicted octanol–water partition coefficient (Wildman–Crippen LogP) is 1.11. The fourth-order valence-corrected chi connectivity index (χ4v) is 2.06. The lowest BCUT2D eigenvalue weighted by molar-refractivity contribution is -0.141. The normalized spacial score (nSPS) is 13.6. The molecule has 1 aromatic rings. The summed E-state index contributed by atoms with van der Waals surface area (Å²) in [6, 6.07) is 5.62. The van der Waals surface area contributed by atoms with Gasteiger partial charge in [0.2, 0.25) is 0 Å². The van der Waals surface area contributed by atoms with Crippen molar-refractivity contribution in [1.82, 2.24) is 5.32 Å². The molecule has 0 bridgehead atoms. The maximum absolute atomic E-state index is 11.8. The van der Waals surface area contributed by atoms with Gasteiger partial charge in [0.05, 0.1) is 6.10 Å². The second kappa shape index (κ2) is 7.16. The lowest BCUT2D eigenvalue weighted by atomic mass is 10.1. The van der Waals surface area contributed by atoms with Crippen molar-refractivity contribution in [1.29, 1.82) is 0 Å². The number of hydrogen-bond acceptors (Lipinski definition) is 4. The first-order chi connectivity index (χ1) is 8.95. The summed E-state index contributed by atoms with van der Waals surface area (Å²) in [5.41, 5.74) is 1.46. The molecule has 0 heterocycles. The first kappa shape index (κ1) is 15.5. The van der Waals surface area contributed by atoms with Crippen LogP contribution in [0.5, 0.6) is 0 Å². The zero-order valence-electron chi connectivity index (χ0n) is 10.8. The Morgan fingerprint density at radius 1 is 1.32 bits per heavy atom. The Hall–Kier alpha value is -1.53. The molecule has 0 aliphatic rings. The zero-order valence-corrected chi connectivity index (χ0v) is 11.6. The van der Waals surface area contributed by atoms with Crippen molar-refractivity contribution in [2.45, 2.75) is 24.8 Å². The summed E-state index contributed by atoms with van der Waals surface area (Å²) in [6.07, 6.45) is 0.831. The van der Waals surface area contributed by atoms with Crippen LogP contribution in [0.2, 0.25) is 0 Å². The number of nitrogens with one attached hydrogen (secondary N) is 1. The Bertz CT molecular complexity index is 444. The minimum Gasteiger partial charge on any atom is -0.480 e. The molecule has 19 heavy (non-hydrogen) atoms. The first-order valence-electron chi connectivity index (χ1n) is 5.75. The molecule has 1 aromatic carbocycles. The summed E-state index contributed by atoms with van der Waals surface area (Å²) in [5.74, 6) is -0.917. The number of thioether (sulfide) groups is 1. The molecule has 104 valence electrons. The highest BCUT2D eigenvalue weighted by molar-refractivity contribution is 7.97. The van der Waals surface area contributed by atoms with Gasteiger partial charge in [0.25, 0.3) is 5.91 Å². The van der Waals surface area contributed by atoms with Gasteiger partial charge in [-0.3, -0.25) is 4.79 Å². The average molecular weight is 283 g/mol. The van der Waals surface area contributed by atoms with E-state index in [0.717, 1.165) is 11.3 Å². The molecule has 5 nitrogen and oxygen atoms in total. The molecular weight excluding hydrogens is 266 g/mol. The molecule has 0 saturated carbocycles. The van der Waals surface area contributed by atoms with E-state index in [1.54, 1.807) is 23.9 Å². The monoisotopic (exact) mass is 283 g/mol. The van der Waals surface area contributed by atoms with Crippen molar-refractivity contribution in [3.63, 3.8) is 0 Å². The third-order valence-electron chi connectivity index (χ3n) is 2.56. The van der Waals surface area contributed by atoms with Gasteiger partial charge in [0, 0.05) is 11.3 Å². The fraction of sp³-hybridized carbons (Fsp3) is 0.385. The quantitative estimate of drug-likeness (QED) is 0.728. The summed E-state index contributed by atoms with van der Waals surface area (Å²) in [5, 5.41) is 20.5. The minimum atomic E-state index is -1.31. The van der Waals surface area contributed by atoms with Gasteiger partial charge in [0.15, 0.2) is 6.04 Å². The Balaban J connectivity index is 2.74. The van der Waals surface area contributed by atoms with Gasteiger partial charge in [0.1, 0.15) is 0 Å². The molecular formula is C13H17NO4S. The van der Waals surface area contributed by atoms with E-state index in [4.69, 9.17) is 5.11 Å². The maximum Gasteiger partial charge on any atom is 0.328 e. The standard InChI is InChI=1S/C13H17NO4S/c1-8(15)11(13(17)18)14-12(16)10-5-3-9(4-6-10)7-19-2/h3-6,8,11,15H,7H2,1-2H3,(H,14,16)(H,17,18). The highest BCUT2D eigenvalue weighted by Gasteiger charge is 2.25. The molecule has 3 N–H and O–H groups in total. The smallest absolute Gasteiger partial charge is 0.328 e. The summed E-state index contributed by atoms with van der Waals surface area (Å²) in [6.45, 7) is 1.32. The van der Waals surface area contributed by atoms with Crippen LogP contribution in [-0.2, 0) is 10.5 Å². The molecule has 6 heteroatoms. The van der Waals surface area contributed by atoms with E-state index < -0.39 is 24.0 Å². The molecule has 0 radical (unpaired) electrons. The van der Waals surface area contributed by atoms with Crippen LogP contribution in [0.3, 0.4) is 0 Å². The number of aliphatic hydroxyl groups excluding tert-OH is 1. The van der Waals surface area contributed by atoms with Crippen molar-refractivity contribution >= 4 is 23.6 Å². The van der Waals surface area contributed by atoms with Gasteiger partial charge in [-0.1, -0.05) is 12.1 Å². The number of carboxylic acids is 1. The van der Waals surface area contributed by atoms with Gasteiger partial charge in [-0.05, 0) is 30.9 Å². The second-order valence-corrected chi connectivity index (χ2v) is 5.03. The molecule has 0 saturated heterocycles. The largest absolute Gasteiger partial charge is 0.480 e. The van der Waals surface area contributed by atoms with Crippen molar-refractivity contribution in [2.75, 3.05) is 6.26 Å². The van der Waals surface area contributed by atoms with Gasteiger partial charge >= 0.3 is 5.97 Å². The third-order valence-corrected chi connectivity index (χ3v) is 3.18. The average Bonchev–Trinajstić information content (AvgIpc) is 2.36. The topological polar surface area (TPSA) is 86.6 Å². The summed E-state index contributed by atoms with van der Waals surface area (Å²) in [7, 11) is 0. The van der Waals surface area contributed by atoms with Gasteiger partial charge in [-0.25, -0.2) is 4.79 Å². The van der Waals surface area contributed by atoms with Gasteiger partial charge in [-0.15, -0.1) is 0 Å². The number of carboxylic acid groups (broad SMARTS) is 1. The number of carbonyl (C=O) groups excluding carboxylic acids is 1. The number of amides is 1. The van der Waals surface area contributed by atoms with E-state index in [0.29, 0.717) is 5.56 Å². The van der Waals surface area contributed by atoms with Gasteiger partial charge < -0.3 is 15.5 Å². The highest BCUT2D eigenvalue weighted by atomic mass is 32.2. The van der Waals surface area contributed by atoms with Crippen LogP contribution in [-0.4, -0.2) is 40.5 Å². The summed E-state index contributed by atoms with van der Waals surface area (Å²) < 4.78 is 0. The summed E-state index contributed by atoms with van der Waals surface area (Å²) >= 11 is 1.68. The Kier molecular flexibility index (Phi) is 5.85. The number of carbonyl (C=O) groups is 2. The minimum absolute atomic E-state index is 0.372. The van der Waals surface area contributed by atoms with Crippen LogP contribution in [0.1, 0.15) is 22.8 Å². The molecule has 1 amide bonds. The van der Waals surface area contributed by atoms with E-state index in [2.05, 4.69) is 5.32 Å². The van der Waals surface area contributed by atoms with Crippen molar-refractivity contribution in [2.24, 2.45) is 0 Å². The highest BCUT2D eigenvalue weighted by Crippen LogP contribution is 2.10.